The van der Waals surface area contributed by atoms with E-state index in [-0.39, 0.29) is 0 Å². The van der Waals surface area contributed by atoms with Crippen LogP contribution < -0.4 is 10.2 Å². The number of anilines is 1. The van der Waals surface area contributed by atoms with E-state index in [4.69, 9.17) is 4.74 Å². The van der Waals surface area contributed by atoms with Crippen molar-refractivity contribution >= 4 is 5.69 Å². The van der Waals surface area contributed by atoms with Crippen molar-refractivity contribution in [3.05, 3.63) is 29.8 Å². The highest BCUT2D eigenvalue weighted by Crippen LogP contribution is 2.24. The Morgan fingerprint density at radius 1 is 1.25 bits per heavy atom. The van der Waals surface area contributed by atoms with Gasteiger partial charge < -0.3 is 15.0 Å². The standard InChI is InChI=1S/C17H28N2O/c1-3-11-18-16-8-12-19(13-9-16)17-7-5-4-6-15(17)10-14-20-2/h4-7,16,18H,3,8-14H2,1-2H3. The molecule has 0 atom stereocenters. The molecular formula is C17H28N2O. The summed E-state index contributed by atoms with van der Waals surface area (Å²) in [7, 11) is 1.77. The number of rotatable bonds is 7. The zero-order valence-electron chi connectivity index (χ0n) is 12.9. The average molecular weight is 276 g/mol. The molecule has 20 heavy (non-hydrogen) atoms. The minimum atomic E-state index is 0.706. The second kappa shape index (κ2) is 8.28. The van der Waals surface area contributed by atoms with Crippen LogP contribution in [0.2, 0.25) is 0 Å². The van der Waals surface area contributed by atoms with E-state index in [9.17, 15) is 0 Å². The van der Waals surface area contributed by atoms with Gasteiger partial charge in [0.05, 0.1) is 6.61 Å². The Kier molecular flexibility index (Phi) is 6.34. The van der Waals surface area contributed by atoms with Crippen molar-refractivity contribution in [1.82, 2.24) is 5.32 Å². The zero-order chi connectivity index (χ0) is 14.2. The topological polar surface area (TPSA) is 24.5 Å². The van der Waals surface area contributed by atoms with E-state index in [1.807, 2.05) is 0 Å². The fraction of sp³-hybridized carbons (Fsp3) is 0.647. The highest BCUT2D eigenvalue weighted by atomic mass is 16.5. The first kappa shape index (κ1) is 15.3. The Morgan fingerprint density at radius 3 is 2.70 bits per heavy atom. The molecule has 1 aliphatic heterocycles. The third-order valence-corrected chi connectivity index (χ3v) is 4.09. The molecule has 0 bridgehead atoms. The molecule has 0 radical (unpaired) electrons. The lowest BCUT2D eigenvalue weighted by atomic mass is 10.0. The highest BCUT2D eigenvalue weighted by molar-refractivity contribution is 5.54. The monoisotopic (exact) mass is 276 g/mol. The van der Waals surface area contributed by atoms with Crippen LogP contribution in [0.1, 0.15) is 31.7 Å². The lowest BCUT2D eigenvalue weighted by Gasteiger charge is -2.35. The van der Waals surface area contributed by atoms with Gasteiger partial charge in [0.25, 0.3) is 0 Å². The summed E-state index contributed by atoms with van der Waals surface area (Å²) >= 11 is 0. The first-order valence-corrected chi connectivity index (χ1v) is 7.90. The van der Waals surface area contributed by atoms with Crippen molar-refractivity contribution in [2.75, 3.05) is 38.3 Å². The zero-order valence-corrected chi connectivity index (χ0v) is 12.9. The van der Waals surface area contributed by atoms with Crippen LogP contribution in [0.15, 0.2) is 24.3 Å². The smallest absolute Gasteiger partial charge is 0.0503 e. The summed E-state index contributed by atoms with van der Waals surface area (Å²) in [5.41, 5.74) is 2.81. The van der Waals surface area contributed by atoms with Crippen molar-refractivity contribution in [3.8, 4) is 0 Å². The van der Waals surface area contributed by atoms with Gasteiger partial charge in [0.2, 0.25) is 0 Å². The molecule has 1 aromatic rings. The van der Waals surface area contributed by atoms with Crippen LogP contribution in [-0.2, 0) is 11.2 Å². The van der Waals surface area contributed by atoms with Gasteiger partial charge in [-0.25, -0.2) is 0 Å². The summed E-state index contributed by atoms with van der Waals surface area (Å²) in [6.07, 6.45) is 4.72. The van der Waals surface area contributed by atoms with E-state index in [0.29, 0.717) is 6.04 Å². The fourth-order valence-corrected chi connectivity index (χ4v) is 2.92. The molecule has 0 aliphatic carbocycles. The lowest BCUT2D eigenvalue weighted by molar-refractivity contribution is 0.202. The summed E-state index contributed by atoms with van der Waals surface area (Å²) < 4.78 is 5.22. The number of piperidine rings is 1. The minimum Gasteiger partial charge on any atom is -0.384 e. The minimum absolute atomic E-state index is 0.706. The fourth-order valence-electron chi connectivity index (χ4n) is 2.92. The second-order valence-corrected chi connectivity index (χ2v) is 5.59. The molecule has 0 saturated carbocycles. The Bertz CT molecular complexity index is 386. The maximum Gasteiger partial charge on any atom is 0.0503 e. The highest BCUT2D eigenvalue weighted by Gasteiger charge is 2.20. The van der Waals surface area contributed by atoms with Crippen LogP contribution in [-0.4, -0.2) is 39.4 Å². The number of nitrogens with one attached hydrogen (secondary N) is 1. The van der Waals surface area contributed by atoms with Gasteiger partial charge in [-0.2, -0.15) is 0 Å². The average Bonchev–Trinajstić information content (AvgIpc) is 2.52. The van der Waals surface area contributed by atoms with Gasteiger partial charge in [-0.15, -0.1) is 0 Å². The summed E-state index contributed by atoms with van der Waals surface area (Å²) in [5, 5.41) is 3.65. The van der Waals surface area contributed by atoms with Gasteiger partial charge in [-0.3, -0.25) is 0 Å². The van der Waals surface area contributed by atoms with Gasteiger partial charge >= 0.3 is 0 Å². The number of methoxy groups -OCH3 is 1. The van der Waals surface area contributed by atoms with Crippen molar-refractivity contribution in [3.63, 3.8) is 0 Å². The number of hydrogen-bond donors (Lipinski definition) is 1. The maximum absolute atomic E-state index is 5.22. The largest absolute Gasteiger partial charge is 0.384 e. The molecule has 112 valence electrons. The Labute approximate surface area is 123 Å². The lowest BCUT2D eigenvalue weighted by Crippen LogP contribution is -2.43. The van der Waals surface area contributed by atoms with Crippen molar-refractivity contribution in [2.45, 2.75) is 38.6 Å². The third kappa shape index (κ3) is 4.22. The maximum atomic E-state index is 5.22. The van der Waals surface area contributed by atoms with Crippen molar-refractivity contribution in [1.29, 1.82) is 0 Å². The molecule has 1 aliphatic rings. The Hall–Kier alpha value is -1.06. The van der Waals surface area contributed by atoms with Gasteiger partial charge in [0.15, 0.2) is 0 Å². The van der Waals surface area contributed by atoms with Crippen molar-refractivity contribution < 1.29 is 4.74 Å². The molecule has 1 saturated heterocycles. The molecule has 1 aromatic carbocycles. The molecule has 0 unspecified atom stereocenters. The summed E-state index contributed by atoms with van der Waals surface area (Å²) in [5.74, 6) is 0. The van der Waals surface area contributed by atoms with Gasteiger partial charge in [-0.05, 0) is 43.9 Å². The first-order chi connectivity index (χ1) is 9.85. The first-order valence-electron chi connectivity index (χ1n) is 7.90. The van der Waals surface area contributed by atoms with Gasteiger partial charge in [0.1, 0.15) is 0 Å². The molecule has 1 heterocycles. The summed E-state index contributed by atoms with van der Waals surface area (Å²) in [6, 6.07) is 9.47. The third-order valence-electron chi connectivity index (χ3n) is 4.09. The van der Waals surface area contributed by atoms with Gasteiger partial charge in [-0.1, -0.05) is 25.1 Å². The number of benzene rings is 1. The number of ether oxygens (including phenoxy) is 1. The molecule has 2 rings (SSSR count). The van der Waals surface area contributed by atoms with Crippen LogP contribution in [0.5, 0.6) is 0 Å². The molecule has 3 nitrogen and oxygen atoms in total. The number of hydrogen-bond acceptors (Lipinski definition) is 3. The summed E-state index contributed by atoms with van der Waals surface area (Å²) in [4.78, 5) is 2.54. The Balaban J connectivity index is 1.92. The second-order valence-electron chi connectivity index (χ2n) is 5.59. The molecule has 1 N–H and O–H groups in total. The van der Waals surface area contributed by atoms with E-state index < -0.39 is 0 Å². The normalized spacial score (nSPS) is 16.6. The number of para-hydroxylation sites is 1. The van der Waals surface area contributed by atoms with E-state index in [0.717, 1.165) is 32.7 Å². The van der Waals surface area contributed by atoms with E-state index in [1.165, 1.54) is 30.5 Å². The molecule has 0 spiro atoms. The van der Waals surface area contributed by atoms with Crippen LogP contribution in [0.3, 0.4) is 0 Å². The molecule has 3 heteroatoms. The SMILES string of the molecule is CCCNC1CCN(c2ccccc2CCOC)CC1. The van der Waals surface area contributed by atoms with Crippen LogP contribution in [0.25, 0.3) is 0 Å². The van der Waals surface area contributed by atoms with Crippen molar-refractivity contribution in [2.24, 2.45) is 0 Å². The predicted molar refractivity (Wildman–Crippen MR) is 85.6 cm³/mol. The van der Waals surface area contributed by atoms with Crippen LogP contribution in [0, 0.1) is 0 Å². The van der Waals surface area contributed by atoms with E-state index >= 15 is 0 Å². The molecule has 0 aromatic heterocycles. The Morgan fingerprint density at radius 2 is 2.00 bits per heavy atom. The van der Waals surface area contributed by atoms with Gasteiger partial charge in [0, 0.05) is 31.9 Å². The summed E-state index contributed by atoms with van der Waals surface area (Å²) in [6.45, 7) is 6.49. The molecule has 0 amide bonds. The predicted octanol–water partition coefficient (Wildman–Crippen LogP) is 2.84. The van der Waals surface area contributed by atoms with E-state index in [2.05, 4.69) is 41.4 Å². The van der Waals surface area contributed by atoms with E-state index in [1.54, 1.807) is 7.11 Å². The number of nitrogens with zero attached hydrogens (tertiary/aromatic N) is 1. The molecule has 1 fully saturated rings. The van der Waals surface area contributed by atoms with Crippen LogP contribution in [0.4, 0.5) is 5.69 Å². The molecular weight excluding hydrogens is 248 g/mol. The quantitative estimate of drug-likeness (QED) is 0.829. The van der Waals surface area contributed by atoms with Crippen LogP contribution >= 0.6 is 0 Å².